The zero-order valence-electron chi connectivity index (χ0n) is 16.2. The minimum Gasteiger partial charge on any atom is -0.359 e. The molecule has 6 heteroatoms. The van der Waals surface area contributed by atoms with E-state index in [-0.39, 0.29) is 24.3 Å². The number of carbonyl (C=O) groups is 2. The van der Waals surface area contributed by atoms with Gasteiger partial charge in [-0.15, -0.1) is 0 Å². The van der Waals surface area contributed by atoms with Crippen molar-refractivity contribution in [2.75, 3.05) is 36.0 Å². The maximum Gasteiger partial charge on any atom is 0.292 e. The van der Waals surface area contributed by atoms with E-state index < -0.39 is 0 Å². The SMILES string of the molecule is Cc1ccc(N2C(=O)C[C@H]([NH+]3CCN(c4ccccc4Cl)CC3)C2=O)c(C)c1. The average molecular weight is 399 g/mol. The van der Waals surface area contributed by atoms with Crippen LogP contribution in [0.2, 0.25) is 5.02 Å². The Labute approximate surface area is 170 Å². The standard InChI is InChI=1S/C22H24ClN3O2/c1-15-7-8-18(16(2)13-15)26-21(27)14-20(22(26)28)25-11-9-24(10-12-25)19-6-4-3-5-17(19)23/h3-8,13,20H,9-12,14H2,1-2H3/p+1/t20-/m0/s1. The molecule has 0 unspecified atom stereocenters. The van der Waals surface area contributed by atoms with Gasteiger partial charge in [0.25, 0.3) is 5.91 Å². The molecule has 0 radical (unpaired) electrons. The van der Waals surface area contributed by atoms with Crippen molar-refractivity contribution in [1.29, 1.82) is 0 Å². The number of carbonyl (C=O) groups excluding carboxylic acids is 2. The number of anilines is 2. The summed E-state index contributed by atoms with van der Waals surface area (Å²) >= 11 is 6.32. The molecule has 4 rings (SSSR count). The van der Waals surface area contributed by atoms with Gasteiger partial charge in [-0.1, -0.05) is 41.4 Å². The Morgan fingerprint density at radius 1 is 1.00 bits per heavy atom. The lowest BCUT2D eigenvalue weighted by Gasteiger charge is -2.36. The molecule has 2 aliphatic rings. The van der Waals surface area contributed by atoms with E-state index in [9.17, 15) is 9.59 Å². The number of amides is 2. The molecule has 2 aromatic carbocycles. The number of rotatable bonds is 3. The van der Waals surface area contributed by atoms with Crippen LogP contribution in [0.25, 0.3) is 0 Å². The number of nitrogens with zero attached hydrogens (tertiary/aromatic N) is 2. The van der Waals surface area contributed by atoms with E-state index in [2.05, 4.69) is 4.90 Å². The van der Waals surface area contributed by atoms with E-state index in [0.717, 1.165) is 53.7 Å². The van der Waals surface area contributed by atoms with Crippen LogP contribution in [0.15, 0.2) is 42.5 Å². The van der Waals surface area contributed by atoms with E-state index in [4.69, 9.17) is 11.6 Å². The number of hydrogen-bond donors (Lipinski definition) is 1. The van der Waals surface area contributed by atoms with Crippen LogP contribution in [-0.2, 0) is 9.59 Å². The highest BCUT2D eigenvalue weighted by molar-refractivity contribution is 6.33. The quantitative estimate of drug-likeness (QED) is 0.804. The summed E-state index contributed by atoms with van der Waals surface area (Å²) in [6.07, 6.45) is 0.285. The first-order chi connectivity index (χ1) is 13.5. The molecule has 2 aliphatic heterocycles. The number of para-hydroxylation sites is 1. The van der Waals surface area contributed by atoms with Crippen molar-refractivity contribution in [3.05, 3.63) is 58.6 Å². The first-order valence-corrected chi connectivity index (χ1v) is 10.1. The topological polar surface area (TPSA) is 45.1 Å². The fraction of sp³-hybridized carbons (Fsp3) is 0.364. The van der Waals surface area contributed by atoms with Crippen molar-refractivity contribution in [2.24, 2.45) is 0 Å². The third kappa shape index (κ3) is 3.40. The van der Waals surface area contributed by atoms with Crippen molar-refractivity contribution in [1.82, 2.24) is 0 Å². The Balaban J connectivity index is 1.47. The zero-order chi connectivity index (χ0) is 19.8. The van der Waals surface area contributed by atoms with Crippen LogP contribution in [0.1, 0.15) is 17.5 Å². The number of quaternary nitrogens is 1. The molecule has 2 fully saturated rings. The normalized spacial score (nSPS) is 20.9. The number of imide groups is 1. The molecule has 2 aromatic rings. The summed E-state index contributed by atoms with van der Waals surface area (Å²) in [5.41, 5.74) is 3.84. The van der Waals surface area contributed by atoms with Gasteiger partial charge in [-0.25, -0.2) is 4.90 Å². The lowest BCUT2D eigenvalue weighted by atomic mass is 10.1. The van der Waals surface area contributed by atoms with Gasteiger partial charge in [0, 0.05) is 0 Å². The largest absolute Gasteiger partial charge is 0.359 e. The first-order valence-electron chi connectivity index (χ1n) is 9.74. The summed E-state index contributed by atoms with van der Waals surface area (Å²) in [4.78, 5) is 30.6. The van der Waals surface area contributed by atoms with Gasteiger partial charge < -0.3 is 9.80 Å². The molecule has 1 N–H and O–H groups in total. The Morgan fingerprint density at radius 3 is 2.39 bits per heavy atom. The van der Waals surface area contributed by atoms with E-state index in [0.29, 0.717) is 0 Å². The smallest absolute Gasteiger partial charge is 0.292 e. The first kappa shape index (κ1) is 19.0. The van der Waals surface area contributed by atoms with Crippen LogP contribution in [0.3, 0.4) is 0 Å². The average Bonchev–Trinajstić information content (AvgIpc) is 2.97. The molecule has 5 nitrogen and oxygen atoms in total. The molecular formula is C22H25ClN3O2+. The molecule has 2 amide bonds. The van der Waals surface area contributed by atoms with Gasteiger partial charge in [0.15, 0.2) is 6.04 Å². The van der Waals surface area contributed by atoms with Gasteiger partial charge in [-0.05, 0) is 37.6 Å². The van der Waals surface area contributed by atoms with Crippen LogP contribution in [0, 0.1) is 13.8 Å². The fourth-order valence-electron chi connectivity index (χ4n) is 4.35. The molecular weight excluding hydrogens is 374 g/mol. The van der Waals surface area contributed by atoms with E-state index in [1.165, 1.54) is 9.80 Å². The predicted octanol–water partition coefficient (Wildman–Crippen LogP) is 1.99. The molecule has 1 atom stereocenters. The minimum atomic E-state index is -0.290. The number of nitrogens with one attached hydrogen (secondary N) is 1. The Bertz CT molecular complexity index is 922. The summed E-state index contributed by atoms with van der Waals surface area (Å²) in [6.45, 7) is 7.23. The van der Waals surface area contributed by atoms with Gasteiger partial charge in [-0.3, -0.25) is 9.59 Å². The van der Waals surface area contributed by atoms with Crippen molar-refractivity contribution < 1.29 is 14.5 Å². The van der Waals surface area contributed by atoms with Gasteiger partial charge in [0.2, 0.25) is 5.91 Å². The van der Waals surface area contributed by atoms with Crippen molar-refractivity contribution in [2.45, 2.75) is 26.3 Å². The molecule has 28 heavy (non-hydrogen) atoms. The molecule has 2 heterocycles. The molecule has 2 saturated heterocycles. The van der Waals surface area contributed by atoms with Crippen LogP contribution >= 0.6 is 11.6 Å². The Kier molecular flexibility index (Phi) is 5.13. The summed E-state index contributed by atoms with van der Waals surface area (Å²) in [5, 5.41) is 0.749. The zero-order valence-corrected chi connectivity index (χ0v) is 17.0. The lowest BCUT2D eigenvalue weighted by Crippen LogP contribution is -3.19. The summed E-state index contributed by atoms with van der Waals surface area (Å²) in [6, 6.07) is 13.4. The second kappa shape index (κ2) is 7.57. The third-order valence-electron chi connectivity index (χ3n) is 5.83. The summed E-state index contributed by atoms with van der Waals surface area (Å²) in [5.74, 6) is -0.166. The number of halogens is 1. The van der Waals surface area contributed by atoms with Crippen LogP contribution in [0.4, 0.5) is 11.4 Å². The highest BCUT2D eigenvalue weighted by Gasteiger charge is 2.46. The number of piperazine rings is 1. The minimum absolute atomic E-state index is 0.0712. The summed E-state index contributed by atoms with van der Waals surface area (Å²) < 4.78 is 0. The second-order valence-electron chi connectivity index (χ2n) is 7.71. The van der Waals surface area contributed by atoms with E-state index in [1.807, 2.05) is 56.3 Å². The molecule has 0 spiro atoms. The predicted molar refractivity (Wildman–Crippen MR) is 111 cm³/mol. The highest BCUT2D eigenvalue weighted by atomic mass is 35.5. The van der Waals surface area contributed by atoms with Crippen LogP contribution in [0.5, 0.6) is 0 Å². The van der Waals surface area contributed by atoms with Gasteiger partial charge >= 0.3 is 0 Å². The lowest BCUT2D eigenvalue weighted by molar-refractivity contribution is -0.915. The van der Waals surface area contributed by atoms with Crippen LogP contribution < -0.4 is 14.7 Å². The summed E-state index contributed by atoms with van der Waals surface area (Å²) in [7, 11) is 0. The molecule has 0 saturated carbocycles. The fourth-order valence-corrected chi connectivity index (χ4v) is 4.61. The monoisotopic (exact) mass is 398 g/mol. The maximum absolute atomic E-state index is 13.1. The Hall–Kier alpha value is -2.37. The van der Waals surface area contributed by atoms with E-state index in [1.54, 1.807) is 0 Å². The van der Waals surface area contributed by atoms with Crippen molar-refractivity contribution in [3.63, 3.8) is 0 Å². The second-order valence-corrected chi connectivity index (χ2v) is 8.12. The van der Waals surface area contributed by atoms with Crippen molar-refractivity contribution >= 4 is 34.8 Å². The number of benzene rings is 2. The van der Waals surface area contributed by atoms with Gasteiger partial charge in [-0.2, -0.15) is 0 Å². The maximum atomic E-state index is 13.1. The third-order valence-corrected chi connectivity index (χ3v) is 6.15. The Morgan fingerprint density at radius 2 is 1.71 bits per heavy atom. The van der Waals surface area contributed by atoms with E-state index >= 15 is 0 Å². The molecule has 146 valence electrons. The van der Waals surface area contributed by atoms with Gasteiger partial charge in [0.05, 0.1) is 49.0 Å². The molecule has 0 aliphatic carbocycles. The number of aryl methyl sites for hydroxylation is 2. The van der Waals surface area contributed by atoms with Crippen LogP contribution in [-0.4, -0.2) is 44.0 Å². The van der Waals surface area contributed by atoms with Gasteiger partial charge in [0.1, 0.15) is 0 Å². The molecule has 0 bridgehead atoms. The number of hydrogen-bond acceptors (Lipinski definition) is 3. The molecule has 0 aromatic heterocycles. The van der Waals surface area contributed by atoms with Crippen molar-refractivity contribution in [3.8, 4) is 0 Å². The highest BCUT2D eigenvalue weighted by Crippen LogP contribution is 2.27.